The van der Waals surface area contributed by atoms with Crippen LogP contribution in [0, 0.1) is 5.92 Å². The summed E-state index contributed by atoms with van der Waals surface area (Å²) in [7, 11) is 0. The topological polar surface area (TPSA) is 66.4 Å². The van der Waals surface area contributed by atoms with Gasteiger partial charge in [0, 0.05) is 11.6 Å². The van der Waals surface area contributed by atoms with Crippen molar-refractivity contribution in [1.29, 1.82) is 0 Å². The summed E-state index contributed by atoms with van der Waals surface area (Å²) in [5, 5.41) is 14.1. The first kappa shape index (κ1) is 13.6. The number of carbonyl (C=O) groups excluding carboxylic acids is 1. The van der Waals surface area contributed by atoms with Gasteiger partial charge in [0.05, 0.1) is 5.92 Å². The summed E-state index contributed by atoms with van der Waals surface area (Å²) >= 11 is 0. The van der Waals surface area contributed by atoms with E-state index in [2.05, 4.69) is 5.32 Å². The molecular weight excluding hydrogens is 266 g/mol. The maximum Gasteiger partial charge on any atom is 0.308 e. The summed E-state index contributed by atoms with van der Waals surface area (Å²) in [5.74, 6) is -1.48. The first-order valence-corrected chi connectivity index (χ1v) is 7.17. The molecule has 1 saturated carbocycles. The summed E-state index contributed by atoms with van der Waals surface area (Å²) in [6.45, 7) is 0. The van der Waals surface area contributed by atoms with Gasteiger partial charge in [0.25, 0.3) is 5.91 Å². The third-order valence-electron chi connectivity index (χ3n) is 4.16. The number of aliphatic carboxylic acids is 1. The average Bonchev–Trinajstić information content (AvgIpc) is 2.95. The Morgan fingerprint density at radius 1 is 1.05 bits per heavy atom. The van der Waals surface area contributed by atoms with Gasteiger partial charge < -0.3 is 10.4 Å². The van der Waals surface area contributed by atoms with E-state index in [-0.39, 0.29) is 11.9 Å². The Balaban J connectivity index is 1.79. The number of hydrogen-bond donors (Lipinski definition) is 2. The van der Waals surface area contributed by atoms with Crippen LogP contribution < -0.4 is 5.32 Å². The number of hydrogen-bond acceptors (Lipinski definition) is 2. The number of carboxylic acids is 1. The smallest absolute Gasteiger partial charge is 0.308 e. The van der Waals surface area contributed by atoms with Gasteiger partial charge in [-0.1, -0.05) is 36.8 Å². The van der Waals surface area contributed by atoms with Crippen LogP contribution in [0.1, 0.15) is 29.6 Å². The number of rotatable bonds is 3. The van der Waals surface area contributed by atoms with Crippen LogP contribution in [0.2, 0.25) is 0 Å². The van der Waals surface area contributed by atoms with E-state index in [9.17, 15) is 9.59 Å². The molecule has 4 nitrogen and oxygen atoms in total. The normalized spacial score (nSPS) is 21.3. The summed E-state index contributed by atoms with van der Waals surface area (Å²) in [5.41, 5.74) is 0.574. The predicted molar refractivity (Wildman–Crippen MR) is 80.2 cm³/mol. The van der Waals surface area contributed by atoms with Gasteiger partial charge in [0.15, 0.2) is 0 Å². The van der Waals surface area contributed by atoms with Gasteiger partial charge in [-0.25, -0.2) is 0 Å². The molecule has 1 amide bonds. The lowest BCUT2D eigenvalue weighted by Gasteiger charge is -2.17. The largest absolute Gasteiger partial charge is 0.481 e. The van der Waals surface area contributed by atoms with E-state index in [4.69, 9.17) is 5.11 Å². The van der Waals surface area contributed by atoms with Gasteiger partial charge in [-0.15, -0.1) is 0 Å². The maximum atomic E-state index is 12.3. The van der Waals surface area contributed by atoms with E-state index in [1.807, 2.05) is 36.4 Å². The van der Waals surface area contributed by atoms with E-state index >= 15 is 0 Å². The number of fused-ring (bicyclic) bond motifs is 1. The van der Waals surface area contributed by atoms with Crippen LogP contribution in [0.25, 0.3) is 10.8 Å². The van der Waals surface area contributed by atoms with Gasteiger partial charge in [-0.05, 0) is 35.7 Å². The lowest BCUT2D eigenvalue weighted by molar-refractivity contribution is -0.142. The molecule has 0 radical (unpaired) electrons. The van der Waals surface area contributed by atoms with Crippen molar-refractivity contribution in [2.24, 2.45) is 5.92 Å². The zero-order valence-electron chi connectivity index (χ0n) is 11.6. The fraction of sp³-hybridized carbons (Fsp3) is 0.294. The number of amides is 1. The Morgan fingerprint density at radius 2 is 1.81 bits per heavy atom. The van der Waals surface area contributed by atoms with E-state index < -0.39 is 11.9 Å². The lowest BCUT2D eigenvalue weighted by atomic mass is 10.0. The van der Waals surface area contributed by atoms with Crippen molar-refractivity contribution in [2.75, 3.05) is 0 Å². The van der Waals surface area contributed by atoms with Crippen molar-refractivity contribution in [2.45, 2.75) is 25.3 Å². The molecule has 2 atom stereocenters. The van der Waals surface area contributed by atoms with Crippen LogP contribution in [0.15, 0.2) is 42.5 Å². The highest BCUT2D eigenvalue weighted by molar-refractivity contribution is 5.98. The second-order valence-electron chi connectivity index (χ2n) is 5.52. The Labute approximate surface area is 122 Å². The molecule has 4 heteroatoms. The molecule has 0 saturated heterocycles. The number of carbonyl (C=O) groups is 2. The second-order valence-corrected chi connectivity index (χ2v) is 5.52. The minimum absolute atomic E-state index is 0.195. The van der Waals surface area contributed by atoms with Crippen molar-refractivity contribution in [3.8, 4) is 0 Å². The number of carboxylic acid groups (broad SMARTS) is 1. The Hall–Kier alpha value is -2.36. The molecule has 2 aromatic carbocycles. The molecule has 1 aliphatic carbocycles. The summed E-state index contributed by atoms with van der Waals surface area (Å²) in [4.78, 5) is 23.5. The maximum absolute atomic E-state index is 12.3. The fourth-order valence-corrected chi connectivity index (χ4v) is 3.01. The summed E-state index contributed by atoms with van der Waals surface area (Å²) in [6, 6.07) is 13.1. The Kier molecular flexibility index (Phi) is 3.60. The van der Waals surface area contributed by atoms with Crippen molar-refractivity contribution in [1.82, 2.24) is 5.32 Å². The van der Waals surface area contributed by atoms with Crippen LogP contribution in [0.3, 0.4) is 0 Å². The van der Waals surface area contributed by atoms with Crippen LogP contribution in [-0.4, -0.2) is 23.0 Å². The molecule has 2 N–H and O–H groups in total. The molecule has 3 rings (SSSR count). The molecule has 1 aliphatic rings. The SMILES string of the molecule is O=C(N[C@H]1CCC[C@H]1C(=O)O)c1ccc2ccccc2c1. The van der Waals surface area contributed by atoms with E-state index in [0.717, 1.165) is 23.6 Å². The van der Waals surface area contributed by atoms with E-state index in [1.54, 1.807) is 6.07 Å². The number of nitrogens with one attached hydrogen (secondary N) is 1. The first-order valence-electron chi connectivity index (χ1n) is 7.17. The summed E-state index contributed by atoms with van der Waals surface area (Å²) < 4.78 is 0. The molecule has 1 fully saturated rings. The Bertz CT molecular complexity index is 695. The van der Waals surface area contributed by atoms with Crippen LogP contribution >= 0.6 is 0 Å². The molecule has 0 unspecified atom stereocenters. The standard InChI is InChI=1S/C17H17NO3/c19-16(18-15-7-3-6-14(15)17(20)21)13-9-8-11-4-1-2-5-12(11)10-13/h1-2,4-5,8-10,14-15H,3,6-7H2,(H,18,19)(H,20,21)/t14-,15+/m1/s1. The average molecular weight is 283 g/mol. The monoisotopic (exact) mass is 283 g/mol. The first-order chi connectivity index (χ1) is 10.1. The lowest BCUT2D eigenvalue weighted by Crippen LogP contribution is -2.40. The molecule has 0 aliphatic heterocycles. The molecular formula is C17H17NO3. The van der Waals surface area contributed by atoms with E-state index in [1.165, 1.54) is 0 Å². The third-order valence-corrected chi connectivity index (χ3v) is 4.16. The van der Waals surface area contributed by atoms with Crippen LogP contribution in [0.4, 0.5) is 0 Å². The van der Waals surface area contributed by atoms with Gasteiger partial charge in [-0.3, -0.25) is 9.59 Å². The highest BCUT2D eigenvalue weighted by Crippen LogP contribution is 2.26. The minimum atomic E-state index is -0.823. The molecule has 108 valence electrons. The number of benzene rings is 2. The van der Waals surface area contributed by atoms with Gasteiger partial charge in [0.1, 0.15) is 0 Å². The second kappa shape index (κ2) is 5.56. The van der Waals surface area contributed by atoms with Gasteiger partial charge in [-0.2, -0.15) is 0 Å². The van der Waals surface area contributed by atoms with E-state index in [0.29, 0.717) is 12.0 Å². The van der Waals surface area contributed by atoms with Crippen molar-refractivity contribution in [3.05, 3.63) is 48.0 Å². The molecule has 0 spiro atoms. The Morgan fingerprint density at radius 3 is 2.57 bits per heavy atom. The zero-order chi connectivity index (χ0) is 14.8. The molecule has 21 heavy (non-hydrogen) atoms. The molecule has 0 bridgehead atoms. The molecule has 0 heterocycles. The predicted octanol–water partition coefficient (Wildman–Crippen LogP) is 2.82. The highest BCUT2D eigenvalue weighted by Gasteiger charge is 2.33. The van der Waals surface area contributed by atoms with Crippen molar-refractivity contribution in [3.63, 3.8) is 0 Å². The van der Waals surface area contributed by atoms with Crippen LogP contribution in [-0.2, 0) is 4.79 Å². The minimum Gasteiger partial charge on any atom is -0.481 e. The van der Waals surface area contributed by atoms with Gasteiger partial charge in [0.2, 0.25) is 0 Å². The van der Waals surface area contributed by atoms with Gasteiger partial charge >= 0.3 is 5.97 Å². The van der Waals surface area contributed by atoms with Crippen molar-refractivity contribution < 1.29 is 14.7 Å². The highest BCUT2D eigenvalue weighted by atomic mass is 16.4. The summed E-state index contributed by atoms with van der Waals surface area (Å²) in [6.07, 6.45) is 2.22. The zero-order valence-corrected chi connectivity index (χ0v) is 11.6. The quantitative estimate of drug-likeness (QED) is 0.910. The molecule has 0 aromatic heterocycles. The van der Waals surface area contributed by atoms with Crippen molar-refractivity contribution >= 4 is 22.6 Å². The fourth-order valence-electron chi connectivity index (χ4n) is 3.01. The third kappa shape index (κ3) is 2.75. The van der Waals surface area contributed by atoms with Crippen LogP contribution in [0.5, 0.6) is 0 Å². The molecule has 2 aromatic rings.